The molecule has 1 atom stereocenters. The van der Waals surface area contributed by atoms with Crippen LogP contribution in [0.15, 0.2) is 47.4 Å². The van der Waals surface area contributed by atoms with Crippen molar-refractivity contribution in [3.8, 4) is 11.5 Å². The number of ether oxygens (including phenoxy) is 3. The van der Waals surface area contributed by atoms with Crippen LogP contribution >= 0.6 is 0 Å². The highest BCUT2D eigenvalue weighted by Crippen LogP contribution is 2.25. The first-order valence-corrected chi connectivity index (χ1v) is 11.0. The number of nitrogens with one attached hydrogen (secondary N) is 2. The van der Waals surface area contributed by atoms with E-state index in [4.69, 9.17) is 14.2 Å². The van der Waals surface area contributed by atoms with Crippen LogP contribution in [0.1, 0.15) is 13.8 Å². The summed E-state index contributed by atoms with van der Waals surface area (Å²) in [4.78, 5) is 24.1. The van der Waals surface area contributed by atoms with Crippen LogP contribution in [0.4, 0.5) is 10.1 Å². The minimum Gasteiger partial charge on any atom is -0.497 e. The molecule has 2 N–H and O–H groups in total. The number of halogens is 1. The molecular formula is C21H25FN2O7S. The lowest BCUT2D eigenvalue weighted by Gasteiger charge is -2.21. The van der Waals surface area contributed by atoms with Crippen molar-refractivity contribution in [1.29, 1.82) is 0 Å². The Morgan fingerprint density at radius 3 is 2.16 bits per heavy atom. The minimum absolute atomic E-state index is 0.350. The van der Waals surface area contributed by atoms with Gasteiger partial charge in [0.2, 0.25) is 10.0 Å². The lowest BCUT2D eigenvalue weighted by atomic mass is 10.1. The second-order valence-electron chi connectivity index (χ2n) is 7.03. The molecule has 11 heteroatoms. The van der Waals surface area contributed by atoms with Crippen LogP contribution < -0.4 is 19.5 Å². The maximum absolute atomic E-state index is 13.9. The number of carbonyl (C=O) groups excluding carboxylic acids is 2. The Balaban J connectivity index is 2.04. The summed E-state index contributed by atoms with van der Waals surface area (Å²) in [5, 5.41) is 2.53. The number of anilines is 1. The van der Waals surface area contributed by atoms with Gasteiger partial charge in [0.1, 0.15) is 28.3 Å². The third-order valence-electron chi connectivity index (χ3n) is 4.31. The highest BCUT2D eigenvalue weighted by atomic mass is 32.2. The molecule has 0 saturated carbocycles. The number of amides is 1. The average molecular weight is 469 g/mol. The number of hydrogen-bond donors (Lipinski definition) is 2. The molecule has 0 aliphatic rings. The van der Waals surface area contributed by atoms with Gasteiger partial charge in [0.05, 0.1) is 14.2 Å². The Morgan fingerprint density at radius 2 is 1.62 bits per heavy atom. The van der Waals surface area contributed by atoms with Gasteiger partial charge in [-0.1, -0.05) is 26.0 Å². The third kappa shape index (κ3) is 6.66. The number of methoxy groups -OCH3 is 2. The van der Waals surface area contributed by atoms with Crippen molar-refractivity contribution in [3.05, 3.63) is 48.3 Å². The molecule has 0 radical (unpaired) electrons. The molecule has 0 bridgehead atoms. The van der Waals surface area contributed by atoms with Gasteiger partial charge in [-0.15, -0.1) is 0 Å². The molecule has 0 saturated heterocycles. The van der Waals surface area contributed by atoms with E-state index in [-0.39, 0.29) is 0 Å². The summed E-state index contributed by atoms with van der Waals surface area (Å²) in [5.74, 6) is -2.23. The van der Waals surface area contributed by atoms with Gasteiger partial charge in [-0.05, 0) is 18.1 Å². The molecule has 32 heavy (non-hydrogen) atoms. The van der Waals surface area contributed by atoms with E-state index in [9.17, 15) is 22.4 Å². The van der Waals surface area contributed by atoms with Crippen LogP contribution in [0.25, 0.3) is 0 Å². The van der Waals surface area contributed by atoms with Crippen molar-refractivity contribution in [2.75, 3.05) is 26.1 Å². The second-order valence-corrected chi connectivity index (χ2v) is 8.71. The van der Waals surface area contributed by atoms with Gasteiger partial charge in [0.15, 0.2) is 6.61 Å². The zero-order chi connectivity index (χ0) is 23.9. The Bertz CT molecular complexity index is 1050. The Kier molecular flexibility index (Phi) is 8.56. The number of carbonyl (C=O) groups is 2. The average Bonchev–Trinajstić information content (AvgIpc) is 2.75. The van der Waals surface area contributed by atoms with E-state index in [1.54, 1.807) is 32.0 Å². The maximum atomic E-state index is 13.9. The van der Waals surface area contributed by atoms with Crippen LogP contribution in [0.2, 0.25) is 0 Å². The van der Waals surface area contributed by atoms with Gasteiger partial charge in [0.25, 0.3) is 5.91 Å². The SMILES string of the molecule is COc1cc(NC(=O)COC(=O)C(NS(=O)(=O)c2ccccc2F)C(C)C)cc(OC)c1. The fourth-order valence-corrected chi connectivity index (χ4v) is 4.06. The van der Waals surface area contributed by atoms with E-state index in [0.29, 0.717) is 17.2 Å². The second kappa shape index (κ2) is 10.9. The van der Waals surface area contributed by atoms with Crippen LogP contribution in [0, 0.1) is 11.7 Å². The van der Waals surface area contributed by atoms with Crippen LogP contribution in [-0.2, 0) is 24.3 Å². The van der Waals surface area contributed by atoms with E-state index < -0.39 is 51.2 Å². The molecule has 2 aromatic carbocycles. The normalized spacial score (nSPS) is 12.2. The number of sulfonamides is 1. The van der Waals surface area contributed by atoms with Gasteiger partial charge in [-0.3, -0.25) is 9.59 Å². The molecule has 0 fully saturated rings. The van der Waals surface area contributed by atoms with E-state index in [0.717, 1.165) is 12.1 Å². The first kappa shape index (κ1) is 25.1. The van der Waals surface area contributed by atoms with E-state index in [2.05, 4.69) is 10.0 Å². The Labute approximate surface area is 185 Å². The molecule has 1 unspecified atom stereocenters. The van der Waals surface area contributed by atoms with Gasteiger partial charge >= 0.3 is 5.97 Å². The van der Waals surface area contributed by atoms with E-state index >= 15 is 0 Å². The van der Waals surface area contributed by atoms with E-state index in [1.165, 1.54) is 26.4 Å². The number of esters is 1. The van der Waals surface area contributed by atoms with Crippen molar-refractivity contribution < 1.29 is 36.6 Å². The molecule has 0 heterocycles. The molecule has 0 aromatic heterocycles. The van der Waals surface area contributed by atoms with Gasteiger partial charge in [0, 0.05) is 23.9 Å². The quantitative estimate of drug-likeness (QED) is 0.514. The molecule has 174 valence electrons. The van der Waals surface area contributed by atoms with Gasteiger partial charge < -0.3 is 19.5 Å². The molecule has 1 amide bonds. The molecule has 9 nitrogen and oxygen atoms in total. The smallest absolute Gasteiger partial charge is 0.324 e. The fraction of sp³-hybridized carbons (Fsp3) is 0.333. The van der Waals surface area contributed by atoms with Crippen molar-refractivity contribution in [3.63, 3.8) is 0 Å². The standard InChI is InChI=1S/C21H25FN2O7S/c1-13(2)20(24-32(27,28)18-8-6-5-7-17(18)22)21(26)31-12-19(25)23-14-9-15(29-3)11-16(10-14)30-4/h5-11,13,20,24H,12H2,1-4H3,(H,23,25). The zero-order valence-electron chi connectivity index (χ0n) is 18.0. The van der Waals surface area contributed by atoms with Crippen molar-refractivity contribution in [2.24, 2.45) is 5.92 Å². The zero-order valence-corrected chi connectivity index (χ0v) is 18.9. The van der Waals surface area contributed by atoms with Gasteiger partial charge in [-0.2, -0.15) is 4.72 Å². The minimum atomic E-state index is -4.34. The van der Waals surface area contributed by atoms with Gasteiger partial charge in [-0.25, -0.2) is 12.8 Å². The number of benzene rings is 2. The molecule has 0 spiro atoms. The lowest BCUT2D eigenvalue weighted by Crippen LogP contribution is -2.46. The molecule has 2 aromatic rings. The Hall–Kier alpha value is -3.18. The van der Waals surface area contributed by atoms with Crippen molar-refractivity contribution in [2.45, 2.75) is 24.8 Å². The summed E-state index contributed by atoms with van der Waals surface area (Å²) in [7, 11) is -1.43. The summed E-state index contributed by atoms with van der Waals surface area (Å²) in [6.07, 6.45) is 0. The van der Waals surface area contributed by atoms with Crippen LogP contribution in [0.5, 0.6) is 11.5 Å². The molecular weight excluding hydrogens is 443 g/mol. The van der Waals surface area contributed by atoms with E-state index in [1.807, 2.05) is 0 Å². The highest BCUT2D eigenvalue weighted by Gasteiger charge is 2.31. The fourth-order valence-electron chi connectivity index (χ4n) is 2.65. The number of hydrogen-bond acceptors (Lipinski definition) is 7. The summed E-state index contributed by atoms with van der Waals surface area (Å²) >= 11 is 0. The third-order valence-corrected chi connectivity index (χ3v) is 5.78. The van der Waals surface area contributed by atoms with Crippen molar-refractivity contribution >= 4 is 27.6 Å². The molecule has 0 aliphatic heterocycles. The summed E-state index contributed by atoms with van der Waals surface area (Å²) in [6.45, 7) is 2.50. The topological polar surface area (TPSA) is 120 Å². The van der Waals surface area contributed by atoms with Crippen LogP contribution in [-0.4, -0.2) is 47.2 Å². The first-order chi connectivity index (χ1) is 15.1. The summed E-state index contributed by atoms with van der Waals surface area (Å²) < 4.78 is 56.3. The summed E-state index contributed by atoms with van der Waals surface area (Å²) in [5.41, 5.74) is 0.350. The summed E-state index contributed by atoms with van der Waals surface area (Å²) in [6, 6.07) is 8.15. The predicted molar refractivity (Wildman–Crippen MR) is 114 cm³/mol. The largest absolute Gasteiger partial charge is 0.497 e. The maximum Gasteiger partial charge on any atom is 0.324 e. The number of rotatable bonds is 10. The highest BCUT2D eigenvalue weighted by molar-refractivity contribution is 7.89. The van der Waals surface area contributed by atoms with Crippen LogP contribution in [0.3, 0.4) is 0 Å². The monoisotopic (exact) mass is 468 g/mol. The predicted octanol–water partition coefficient (Wildman–Crippen LogP) is 2.33. The first-order valence-electron chi connectivity index (χ1n) is 9.53. The molecule has 2 rings (SSSR count). The lowest BCUT2D eigenvalue weighted by molar-refractivity contribution is -0.150. The molecule has 0 aliphatic carbocycles. The van der Waals surface area contributed by atoms with Crippen molar-refractivity contribution in [1.82, 2.24) is 4.72 Å². The Morgan fingerprint density at radius 1 is 1.03 bits per heavy atom.